The Morgan fingerprint density at radius 2 is 1.72 bits per heavy atom. The topological polar surface area (TPSA) is 63.3 Å². The summed E-state index contributed by atoms with van der Waals surface area (Å²) in [6, 6.07) is 4.17. The molecule has 2 aliphatic heterocycles. The van der Waals surface area contributed by atoms with Crippen LogP contribution in [0.5, 0.6) is 17.2 Å². The fourth-order valence-electron chi connectivity index (χ4n) is 4.06. The van der Waals surface area contributed by atoms with E-state index in [2.05, 4.69) is 15.1 Å². The number of rotatable bonds is 7. The van der Waals surface area contributed by atoms with Crippen molar-refractivity contribution < 1.29 is 19.0 Å². The number of anilines is 1. The lowest BCUT2D eigenvalue weighted by Crippen LogP contribution is -2.55. The SMILES string of the molecule is COc1cc(NC(=O)CCN2CCN3CCCCC3C2)cc(OC)c1OC.Cl.Cl. The zero-order valence-corrected chi connectivity index (χ0v) is 19.1. The molecule has 2 heterocycles. The van der Waals surface area contributed by atoms with E-state index in [1.54, 1.807) is 33.5 Å². The first-order valence-electron chi connectivity index (χ1n) is 9.71. The highest BCUT2D eigenvalue weighted by atomic mass is 35.5. The standard InChI is InChI=1S/C20H31N3O4.2ClH/c1-25-17-12-15(13-18(26-2)20(17)27-3)21-19(24)7-9-22-10-11-23-8-5-4-6-16(23)14-22;;/h12-13,16H,4-11,14H2,1-3H3,(H,21,24);2*1H. The van der Waals surface area contributed by atoms with E-state index >= 15 is 0 Å². The van der Waals surface area contributed by atoms with E-state index in [4.69, 9.17) is 14.2 Å². The van der Waals surface area contributed by atoms with Gasteiger partial charge in [0.05, 0.1) is 21.3 Å². The molecule has 1 unspecified atom stereocenters. The summed E-state index contributed by atoms with van der Waals surface area (Å²) in [5.74, 6) is 1.57. The molecule has 9 heteroatoms. The molecule has 0 aliphatic carbocycles. The van der Waals surface area contributed by atoms with Gasteiger partial charge in [-0.25, -0.2) is 0 Å². The molecule has 0 aromatic heterocycles. The minimum Gasteiger partial charge on any atom is -0.493 e. The van der Waals surface area contributed by atoms with Gasteiger partial charge in [-0.1, -0.05) is 6.42 Å². The van der Waals surface area contributed by atoms with Crippen LogP contribution in [-0.2, 0) is 4.79 Å². The maximum atomic E-state index is 12.4. The third-order valence-electron chi connectivity index (χ3n) is 5.53. The number of benzene rings is 1. The number of hydrogen-bond acceptors (Lipinski definition) is 6. The minimum atomic E-state index is -0.00431. The number of piperidine rings is 1. The first-order chi connectivity index (χ1) is 13.1. The number of nitrogens with one attached hydrogen (secondary N) is 1. The van der Waals surface area contributed by atoms with Crippen molar-refractivity contribution >= 4 is 36.4 Å². The summed E-state index contributed by atoms with van der Waals surface area (Å²) in [7, 11) is 4.69. The number of amides is 1. The minimum absolute atomic E-state index is 0. The molecule has 2 saturated heterocycles. The summed E-state index contributed by atoms with van der Waals surface area (Å²) in [4.78, 5) is 17.5. The fourth-order valence-corrected chi connectivity index (χ4v) is 4.06. The maximum Gasteiger partial charge on any atom is 0.225 e. The van der Waals surface area contributed by atoms with Crippen LogP contribution in [0.25, 0.3) is 0 Å². The molecule has 2 fully saturated rings. The second-order valence-corrected chi connectivity index (χ2v) is 7.20. The summed E-state index contributed by atoms with van der Waals surface area (Å²) in [5.41, 5.74) is 0.645. The van der Waals surface area contributed by atoms with Gasteiger partial charge in [0.15, 0.2) is 11.5 Å². The molecule has 1 N–H and O–H groups in total. The van der Waals surface area contributed by atoms with Crippen LogP contribution in [0.2, 0.25) is 0 Å². The molecule has 7 nitrogen and oxygen atoms in total. The predicted molar refractivity (Wildman–Crippen MR) is 119 cm³/mol. The first kappa shape index (κ1) is 25.6. The van der Waals surface area contributed by atoms with Crippen molar-refractivity contribution in [3.05, 3.63) is 12.1 Å². The van der Waals surface area contributed by atoms with Gasteiger partial charge in [-0.05, 0) is 19.4 Å². The summed E-state index contributed by atoms with van der Waals surface area (Å²) in [6.45, 7) is 5.28. The van der Waals surface area contributed by atoms with Crippen LogP contribution in [0.1, 0.15) is 25.7 Å². The predicted octanol–water partition coefficient (Wildman–Crippen LogP) is 3.05. The van der Waals surface area contributed by atoms with Crippen molar-refractivity contribution in [2.75, 3.05) is 59.4 Å². The number of carbonyl (C=O) groups excluding carboxylic acids is 1. The summed E-state index contributed by atoms with van der Waals surface area (Å²) in [5, 5.41) is 2.95. The molecule has 0 bridgehead atoms. The zero-order valence-electron chi connectivity index (χ0n) is 17.4. The first-order valence-corrected chi connectivity index (χ1v) is 9.71. The van der Waals surface area contributed by atoms with E-state index in [1.807, 2.05) is 0 Å². The molecule has 29 heavy (non-hydrogen) atoms. The van der Waals surface area contributed by atoms with Gasteiger partial charge in [0, 0.05) is 56.5 Å². The molecule has 1 atom stereocenters. The largest absolute Gasteiger partial charge is 0.493 e. The number of hydrogen-bond donors (Lipinski definition) is 1. The smallest absolute Gasteiger partial charge is 0.225 e. The van der Waals surface area contributed by atoms with E-state index in [0.717, 1.165) is 26.2 Å². The average molecular weight is 450 g/mol. The Hall–Kier alpha value is -1.41. The van der Waals surface area contributed by atoms with Crippen molar-refractivity contribution in [3.63, 3.8) is 0 Å². The Morgan fingerprint density at radius 1 is 1.03 bits per heavy atom. The van der Waals surface area contributed by atoms with Gasteiger partial charge in [0.2, 0.25) is 11.7 Å². The van der Waals surface area contributed by atoms with Crippen LogP contribution in [0.4, 0.5) is 5.69 Å². The average Bonchev–Trinajstić information content (AvgIpc) is 2.71. The molecular formula is C20H33Cl2N3O4. The highest BCUT2D eigenvalue weighted by Crippen LogP contribution is 2.39. The lowest BCUT2D eigenvalue weighted by molar-refractivity contribution is -0.116. The van der Waals surface area contributed by atoms with Gasteiger partial charge >= 0.3 is 0 Å². The Morgan fingerprint density at radius 3 is 2.34 bits per heavy atom. The Labute approximate surface area is 185 Å². The number of nitrogens with zero attached hydrogens (tertiary/aromatic N) is 2. The molecular weight excluding hydrogens is 417 g/mol. The number of methoxy groups -OCH3 is 3. The van der Waals surface area contributed by atoms with Crippen molar-refractivity contribution in [2.45, 2.75) is 31.7 Å². The van der Waals surface area contributed by atoms with E-state index in [1.165, 1.54) is 25.8 Å². The number of piperazine rings is 1. The second-order valence-electron chi connectivity index (χ2n) is 7.20. The van der Waals surface area contributed by atoms with Gasteiger partial charge < -0.3 is 19.5 Å². The molecule has 0 radical (unpaired) electrons. The third-order valence-corrected chi connectivity index (χ3v) is 5.53. The number of ether oxygens (including phenoxy) is 3. The number of fused-ring (bicyclic) bond motifs is 1. The van der Waals surface area contributed by atoms with Crippen LogP contribution in [0.3, 0.4) is 0 Å². The van der Waals surface area contributed by atoms with Gasteiger partial charge in [-0.2, -0.15) is 0 Å². The van der Waals surface area contributed by atoms with Crippen LogP contribution < -0.4 is 19.5 Å². The maximum absolute atomic E-state index is 12.4. The molecule has 1 aromatic carbocycles. The monoisotopic (exact) mass is 449 g/mol. The Kier molecular flexibility index (Phi) is 10.9. The second kappa shape index (κ2) is 12.3. The van der Waals surface area contributed by atoms with E-state index in [-0.39, 0.29) is 30.7 Å². The summed E-state index contributed by atoms with van der Waals surface area (Å²) >= 11 is 0. The lowest BCUT2D eigenvalue weighted by atomic mass is 9.99. The van der Waals surface area contributed by atoms with Crippen LogP contribution in [-0.4, -0.2) is 75.8 Å². The van der Waals surface area contributed by atoms with Crippen molar-refractivity contribution in [3.8, 4) is 17.2 Å². The summed E-state index contributed by atoms with van der Waals surface area (Å²) < 4.78 is 16.0. The van der Waals surface area contributed by atoms with Crippen molar-refractivity contribution in [1.29, 1.82) is 0 Å². The van der Waals surface area contributed by atoms with E-state index in [0.29, 0.717) is 35.4 Å². The number of carbonyl (C=O) groups is 1. The van der Waals surface area contributed by atoms with Gasteiger partial charge in [0.25, 0.3) is 0 Å². The highest BCUT2D eigenvalue weighted by Gasteiger charge is 2.28. The third kappa shape index (κ3) is 6.54. The molecule has 3 rings (SSSR count). The van der Waals surface area contributed by atoms with Crippen LogP contribution >= 0.6 is 24.8 Å². The zero-order chi connectivity index (χ0) is 19.2. The molecule has 0 spiro atoms. The van der Waals surface area contributed by atoms with Crippen LogP contribution in [0.15, 0.2) is 12.1 Å². The fraction of sp³-hybridized carbons (Fsp3) is 0.650. The van der Waals surface area contributed by atoms with Crippen molar-refractivity contribution in [2.24, 2.45) is 0 Å². The molecule has 0 saturated carbocycles. The van der Waals surface area contributed by atoms with Gasteiger partial charge in [0.1, 0.15) is 0 Å². The van der Waals surface area contributed by atoms with E-state index < -0.39 is 0 Å². The van der Waals surface area contributed by atoms with E-state index in [9.17, 15) is 4.79 Å². The normalized spacial score (nSPS) is 19.2. The van der Waals surface area contributed by atoms with Gasteiger partial charge in [-0.3, -0.25) is 14.6 Å². The molecule has 2 aliphatic rings. The van der Waals surface area contributed by atoms with Gasteiger partial charge in [-0.15, -0.1) is 24.8 Å². The Bertz CT molecular complexity index is 638. The lowest BCUT2D eigenvalue weighted by Gasteiger charge is -2.44. The molecule has 1 amide bonds. The molecule has 1 aromatic rings. The summed E-state index contributed by atoms with van der Waals surface area (Å²) in [6.07, 6.45) is 4.42. The van der Waals surface area contributed by atoms with Crippen molar-refractivity contribution in [1.82, 2.24) is 9.80 Å². The number of halogens is 2. The Balaban J connectivity index is 0.00000210. The highest BCUT2D eigenvalue weighted by molar-refractivity contribution is 5.91. The quantitative estimate of drug-likeness (QED) is 0.689. The molecule has 166 valence electrons. The van der Waals surface area contributed by atoms with Crippen LogP contribution in [0, 0.1) is 0 Å².